The van der Waals surface area contributed by atoms with Crippen LogP contribution in [-0.4, -0.2) is 22.9 Å². The number of benzene rings is 1. The van der Waals surface area contributed by atoms with E-state index in [1.165, 1.54) is 5.56 Å². The van der Waals surface area contributed by atoms with E-state index in [-0.39, 0.29) is 0 Å². The molecule has 0 amide bonds. The van der Waals surface area contributed by atoms with Crippen molar-refractivity contribution in [3.8, 4) is 5.75 Å². The van der Waals surface area contributed by atoms with Gasteiger partial charge in [-0.3, -0.25) is 4.68 Å². The Hall–Kier alpha value is -1.33. The van der Waals surface area contributed by atoms with Crippen molar-refractivity contribution in [1.29, 1.82) is 0 Å². The minimum atomic E-state index is 0.362. The second-order valence-electron chi connectivity index (χ2n) is 4.48. The molecule has 1 unspecified atom stereocenters. The van der Waals surface area contributed by atoms with Crippen molar-refractivity contribution in [1.82, 2.24) is 15.1 Å². The maximum Gasteiger partial charge on any atom is 0.133 e. The molecular weight excluding hydrogens is 306 g/mol. The molecule has 0 bridgehead atoms. The van der Waals surface area contributed by atoms with E-state index >= 15 is 0 Å². The van der Waals surface area contributed by atoms with Gasteiger partial charge >= 0.3 is 0 Å². The minimum absolute atomic E-state index is 0.362. The molecule has 0 aliphatic carbocycles. The summed E-state index contributed by atoms with van der Waals surface area (Å²) in [6.07, 6.45) is 3.77. The van der Waals surface area contributed by atoms with Crippen LogP contribution in [0.2, 0.25) is 0 Å². The number of hydrogen-bond acceptors (Lipinski definition) is 3. The largest absolute Gasteiger partial charge is 0.496 e. The molecule has 1 heterocycles. The topological polar surface area (TPSA) is 39.1 Å². The molecule has 102 valence electrons. The second kappa shape index (κ2) is 6.73. The highest BCUT2D eigenvalue weighted by Crippen LogP contribution is 2.25. The highest BCUT2D eigenvalue weighted by atomic mass is 79.9. The average molecular weight is 324 g/mol. The van der Waals surface area contributed by atoms with Gasteiger partial charge in [-0.2, -0.15) is 5.10 Å². The summed E-state index contributed by atoms with van der Waals surface area (Å²) in [5.74, 6) is 0.855. The van der Waals surface area contributed by atoms with Crippen molar-refractivity contribution in [2.24, 2.45) is 0 Å². The molecular formula is C14H18BrN3O. The lowest BCUT2D eigenvalue weighted by molar-refractivity contribution is 0.411. The van der Waals surface area contributed by atoms with Gasteiger partial charge in [0.2, 0.25) is 0 Å². The highest BCUT2D eigenvalue weighted by Gasteiger charge is 2.05. The first-order valence-corrected chi connectivity index (χ1v) is 7.01. The molecule has 0 aliphatic rings. The smallest absolute Gasteiger partial charge is 0.133 e. The average Bonchev–Trinajstić information content (AvgIpc) is 2.89. The SMILES string of the molecule is COc1ccc(CNC(C)Cn2cccn2)cc1Br. The second-order valence-corrected chi connectivity index (χ2v) is 5.33. The van der Waals surface area contributed by atoms with E-state index < -0.39 is 0 Å². The Morgan fingerprint density at radius 3 is 2.95 bits per heavy atom. The number of nitrogens with one attached hydrogen (secondary N) is 1. The zero-order valence-corrected chi connectivity index (χ0v) is 12.7. The fraction of sp³-hybridized carbons (Fsp3) is 0.357. The fourth-order valence-corrected chi connectivity index (χ4v) is 2.45. The van der Waals surface area contributed by atoms with Gasteiger partial charge in [0.25, 0.3) is 0 Å². The number of rotatable bonds is 6. The summed E-state index contributed by atoms with van der Waals surface area (Å²) in [6.45, 7) is 3.84. The van der Waals surface area contributed by atoms with Crippen LogP contribution in [0.25, 0.3) is 0 Å². The van der Waals surface area contributed by atoms with Crippen LogP contribution < -0.4 is 10.1 Å². The van der Waals surface area contributed by atoms with Crippen LogP contribution in [0.5, 0.6) is 5.75 Å². The lowest BCUT2D eigenvalue weighted by Crippen LogP contribution is -2.30. The van der Waals surface area contributed by atoms with Gasteiger partial charge in [-0.25, -0.2) is 0 Å². The summed E-state index contributed by atoms with van der Waals surface area (Å²) in [5.41, 5.74) is 1.22. The molecule has 0 aliphatic heterocycles. The molecule has 19 heavy (non-hydrogen) atoms. The number of halogens is 1. The van der Waals surface area contributed by atoms with E-state index in [1.807, 2.05) is 23.0 Å². The Kier molecular flexibility index (Phi) is 4.99. The van der Waals surface area contributed by atoms with Gasteiger partial charge in [0, 0.05) is 25.0 Å². The van der Waals surface area contributed by atoms with Crippen molar-refractivity contribution in [3.05, 3.63) is 46.7 Å². The third kappa shape index (κ3) is 4.08. The van der Waals surface area contributed by atoms with E-state index in [4.69, 9.17) is 4.74 Å². The molecule has 0 spiro atoms. The first-order chi connectivity index (χ1) is 9.19. The predicted molar refractivity (Wildman–Crippen MR) is 79.2 cm³/mol. The third-order valence-electron chi connectivity index (χ3n) is 2.89. The molecule has 2 rings (SSSR count). The van der Waals surface area contributed by atoms with Crippen LogP contribution in [-0.2, 0) is 13.1 Å². The normalized spacial score (nSPS) is 12.4. The first-order valence-electron chi connectivity index (χ1n) is 6.22. The zero-order valence-electron chi connectivity index (χ0n) is 11.1. The molecule has 1 aromatic carbocycles. The first kappa shape index (κ1) is 14.1. The van der Waals surface area contributed by atoms with Crippen molar-refractivity contribution in [2.75, 3.05) is 7.11 Å². The number of hydrogen-bond donors (Lipinski definition) is 1. The van der Waals surface area contributed by atoms with Crippen LogP contribution >= 0.6 is 15.9 Å². The Labute approximate surface area is 121 Å². The molecule has 4 nitrogen and oxygen atoms in total. The van der Waals surface area contributed by atoms with Crippen LogP contribution in [0, 0.1) is 0 Å². The predicted octanol–water partition coefficient (Wildman–Crippen LogP) is 2.83. The lowest BCUT2D eigenvalue weighted by atomic mass is 10.2. The Balaban J connectivity index is 1.86. The van der Waals surface area contributed by atoms with Crippen LogP contribution in [0.4, 0.5) is 0 Å². The van der Waals surface area contributed by atoms with E-state index in [9.17, 15) is 0 Å². The molecule has 0 saturated carbocycles. The van der Waals surface area contributed by atoms with E-state index in [2.05, 4.69) is 45.4 Å². The van der Waals surface area contributed by atoms with Gasteiger partial charge in [0.1, 0.15) is 5.75 Å². The zero-order chi connectivity index (χ0) is 13.7. The van der Waals surface area contributed by atoms with Crippen molar-refractivity contribution in [3.63, 3.8) is 0 Å². The fourth-order valence-electron chi connectivity index (χ4n) is 1.87. The summed E-state index contributed by atoms with van der Waals surface area (Å²) >= 11 is 3.50. The summed E-state index contributed by atoms with van der Waals surface area (Å²) in [7, 11) is 1.67. The van der Waals surface area contributed by atoms with Crippen molar-refractivity contribution < 1.29 is 4.74 Å². The quantitative estimate of drug-likeness (QED) is 0.888. The van der Waals surface area contributed by atoms with Crippen LogP contribution in [0.3, 0.4) is 0 Å². The number of methoxy groups -OCH3 is 1. The number of ether oxygens (including phenoxy) is 1. The van der Waals surface area contributed by atoms with Gasteiger partial charge in [-0.05, 0) is 46.6 Å². The molecule has 5 heteroatoms. The highest BCUT2D eigenvalue weighted by molar-refractivity contribution is 9.10. The maximum atomic E-state index is 5.22. The molecule has 1 aromatic heterocycles. The van der Waals surface area contributed by atoms with Gasteiger partial charge in [0.15, 0.2) is 0 Å². The molecule has 1 atom stereocenters. The Morgan fingerprint density at radius 2 is 2.32 bits per heavy atom. The summed E-state index contributed by atoms with van der Waals surface area (Å²) in [4.78, 5) is 0. The van der Waals surface area contributed by atoms with Gasteiger partial charge < -0.3 is 10.1 Å². The van der Waals surface area contributed by atoms with Gasteiger partial charge in [-0.1, -0.05) is 6.07 Å². The maximum absolute atomic E-state index is 5.22. The summed E-state index contributed by atoms with van der Waals surface area (Å²) in [6, 6.07) is 8.41. The lowest BCUT2D eigenvalue weighted by Gasteiger charge is -2.14. The van der Waals surface area contributed by atoms with Gasteiger partial charge in [0.05, 0.1) is 18.1 Å². The number of aromatic nitrogens is 2. The van der Waals surface area contributed by atoms with Crippen LogP contribution in [0.15, 0.2) is 41.1 Å². The summed E-state index contributed by atoms with van der Waals surface area (Å²) < 4.78 is 8.13. The van der Waals surface area contributed by atoms with Crippen LogP contribution in [0.1, 0.15) is 12.5 Å². The third-order valence-corrected chi connectivity index (χ3v) is 3.51. The molecule has 0 fully saturated rings. The Morgan fingerprint density at radius 1 is 1.47 bits per heavy atom. The van der Waals surface area contributed by atoms with E-state index in [1.54, 1.807) is 13.3 Å². The van der Waals surface area contributed by atoms with E-state index in [0.29, 0.717) is 6.04 Å². The Bertz CT molecular complexity index is 513. The molecule has 1 N–H and O–H groups in total. The van der Waals surface area contributed by atoms with Crippen molar-refractivity contribution in [2.45, 2.75) is 26.1 Å². The standard InChI is InChI=1S/C14H18BrN3O/c1-11(10-18-7-3-6-17-18)16-9-12-4-5-14(19-2)13(15)8-12/h3-8,11,16H,9-10H2,1-2H3. The van der Waals surface area contributed by atoms with Crippen molar-refractivity contribution >= 4 is 15.9 Å². The van der Waals surface area contributed by atoms with E-state index in [0.717, 1.165) is 23.3 Å². The van der Waals surface area contributed by atoms with Gasteiger partial charge in [-0.15, -0.1) is 0 Å². The molecule has 0 saturated heterocycles. The molecule has 0 radical (unpaired) electrons. The monoisotopic (exact) mass is 323 g/mol. The minimum Gasteiger partial charge on any atom is -0.496 e. The summed E-state index contributed by atoms with van der Waals surface area (Å²) in [5, 5.41) is 7.68. The number of nitrogens with zero attached hydrogens (tertiary/aromatic N) is 2. The molecule has 2 aromatic rings.